The maximum Gasteiger partial charge on any atom is 0.253 e. The minimum Gasteiger partial charge on any atom is -0.497 e. The zero-order valence-corrected chi connectivity index (χ0v) is 14.7. The van der Waals surface area contributed by atoms with E-state index in [-0.39, 0.29) is 24.3 Å². The van der Waals surface area contributed by atoms with Crippen LogP contribution in [0.15, 0.2) is 48.5 Å². The fourth-order valence-electron chi connectivity index (χ4n) is 2.78. The lowest BCUT2D eigenvalue weighted by Gasteiger charge is -2.11. The fraction of sp³-hybridized carbons (Fsp3) is 0.300. The van der Waals surface area contributed by atoms with Crippen molar-refractivity contribution in [1.82, 2.24) is 0 Å². The molecule has 1 heterocycles. The molecule has 1 fully saturated rings. The summed E-state index contributed by atoms with van der Waals surface area (Å²) in [5.74, 6) is 0.528. The fourth-order valence-corrected chi connectivity index (χ4v) is 2.78. The maximum absolute atomic E-state index is 12.1. The van der Waals surface area contributed by atoms with Crippen LogP contribution in [-0.2, 0) is 20.7 Å². The standard InChI is InChI=1S/C20H22N2O4/c1-25-17-10-4-14(5-11-17)13-19(23)21-15-6-8-16(9-7-15)22-20(24)18-3-2-12-26-18/h4-11,18H,2-3,12-13H2,1H3,(H,21,23)(H,22,24). The van der Waals surface area contributed by atoms with Crippen LogP contribution in [0.25, 0.3) is 0 Å². The van der Waals surface area contributed by atoms with Crippen molar-refractivity contribution < 1.29 is 19.1 Å². The van der Waals surface area contributed by atoms with Crippen molar-refractivity contribution in [3.8, 4) is 5.75 Å². The van der Waals surface area contributed by atoms with Gasteiger partial charge in [0.05, 0.1) is 13.5 Å². The van der Waals surface area contributed by atoms with E-state index in [0.717, 1.165) is 24.2 Å². The number of hydrogen-bond donors (Lipinski definition) is 2. The highest BCUT2D eigenvalue weighted by Crippen LogP contribution is 2.18. The Labute approximate surface area is 152 Å². The predicted molar refractivity (Wildman–Crippen MR) is 99.4 cm³/mol. The second kappa shape index (κ2) is 8.49. The van der Waals surface area contributed by atoms with Crippen LogP contribution in [0.2, 0.25) is 0 Å². The van der Waals surface area contributed by atoms with Gasteiger partial charge in [-0.05, 0) is 54.8 Å². The molecule has 26 heavy (non-hydrogen) atoms. The first-order valence-corrected chi connectivity index (χ1v) is 8.59. The molecule has 6 heteroatoms. The molecule has 2 amide bonds. The first kappa shape index (κ1) is 17.9. The van der Waals surface area contributed by atoms with Crippen LogP contribution in [0.3, 0.4) is 0 Å². The Balaban J connectivity index is 1.51. The highest BCUT2D eigenvalue weighted by Gasteiger charge is 2.23. The molecule has 1 saturated heterocycles. The van der Waals surface area contributed by atoms with Crippen LogP contribution in [0.5, 0.6) is 5.75 Å². The number of rotatable bonds is 6. The topological polar surface area (TPSA) is 76.7 Å². The quantitative estimate of drug-likeness (QED) is 0.836. The summed E-state index contributed by atoms with van der Waals surface area (Å²) in [4.78, 5) is 24.2. The zero-order valence-electron chi connectivity index (χ0n) is 14.7. The lowest BCUT2D eigenvalue weighted by atomic mass is 10.1. The van der Waals surface area contributed by atoms with Crippen molar-refractivity contribution in [3.63, 3.8) is 0 Å². The van der Waals surface area contributed by atoms with E-state index in [4.69, 9.17) is 9.47 Å². The molecule has 0 bridgehead atoms. The van der Waals surface area contributed by atoms with Gasteiger partial charge < -0.3 is 20.1 Å². The van der Waals surface area contributed by atoms with Crippen molar-refractivity contribution in [2.24, 2.45) is 0 Å². The summed E-state index contributed by atoms with van der Waals surface area (Å²) >= 11 is 0. The van der Waals surface area contributed by atoms with Crippen LogP contribution in [0.4, 0.5) is 11.4 Å². The van der Waals surface area contributed by atoms with Crippen LogP contribution < -0.4 is 15.4 Å². The maximum atomic E-state index is 12.1. The molecule has 1 unspecified atom stereocenters. The van der Waals surface area contributed by atoms with Crippen LogP contribution in [0, 0.1) is 0 Å². The van der Waals surface area contributed by atoms with Gasteiger partial charge in [0.25, 0.3) is 5.91 Å². The second-order valence-corrected chi connectivity index (χ2v) is 6.14. The van der Waals surface area contributed by atoms with Gasteiger partial charge in [-0.1, -0.05) is 12.1 Å². The molecule has 136 valence electrons. The summed E-state index contributed by atoms with van der Waals surface area (Å²) in [5.41, 5.74) is 2.26. The number of ether oxygens (including phenoxy) is 2. The molecule has 1 aliphatic rings. The van der Waals surface area contributed by atoms with E-state index in [0.29, 0.717) is 18.0 Å². The molecule has 3 rings (SSSR count). The van der Waals surface area contributed by atoms with Gasteiger partial charge in [-0.2, -0.15) is 0 Å². The normalized spacial score (nSPS) is 16.1. The number of benzene rings is 2. The second-order valence-electron chi connectivity index (χ2n) is 6.14. The van der Waals surface area contributed by atoms with Gasteiger partial charge in [-0.3, -0.25) is 9.59 Å². The van der Waals surface area contributed by atoms with Gasteiger partial charge in [0.15, 0.2) is 0 Å². The average Bonchev–Trinajstić information content (AvgIpc) is 3.19. The van der Waals surface area contributed by atoms with Crippen molar-refractivity contribution in [3.05, 3.63) is 54.1 Å². The minimum atomic E-state index is -0.362. The molecule has 0 spiro atoms. The summed E-state index contributed by atoms with van der Waals surface area (Å²) in [6, 6.07) is 14.4. The lowest BCUT2D eigenvalue weighted by Crippen LogP contribution is -2.26. The molecule has 6 nitrogen and oxygen atoms in total. The molecule has 2 N–H and O–H groups in total. The Morgan fingerprint density at radius 2 is 1.69 bits per heavy atom. The van der Waals surface area contributed by atoms with Crippen molar-refractivity contribution >= 4 is 23.2 Å². The molecular weight excluding hydrogens is 332 g/mol. The Morgan fingerprint density at radius 1 is 1.04 bits per heavy atom. The molecule has 2 aromatic rings. The Morgan fingerprint density at radius 3 is 2.27 bits per heavy atom. The average molecular weight is 354 g/mol. The number of carbonyl (C=O) groups is 2. The molecular formula is C20H22N2O4. The van der Waals surface area contributed by atoms with Gasteiger partial charge in [0.1, 0.15) is 11.9 Å². The largest absolute Gasteiger partial charge is 0.497 e. The third kappa shape index (κ3) is 4.83. The molecule has 0 radical (unpaired) electrons. The van der Waals surface area contributed by atoms with Crippen molar-refractivity contribution in [1.29, 1.82) is 0 Å². The lowest BCUT2D eigenvalue weighted by molar-refractivity contribution is -0.124. The SMILES string of the molecule is COc1ccc(CC(=O)Nc2ccc(NC(=O)C3CCCO3)cc2)cc1. The van der Waals surface area contributed by atoms with E-state index in [1.165, 1.54) is 0 Å². The Kier molecular flexibility index (Phi) is 5.86. The number of amides is 2. The summed E-state index contributed by atoms with van der Waals surface area (Å²) in [7, 11) is 1.61. The van der Waals surface area contributed by atoms with Gasteiger partial charge in [0.2, 0.25) is 5.91 Å². The molecule has 0 aromatic heterocycles. The van der Waals surface area contributed by atoms with Crippen molar-refractivity contribution in [2.75, 3.05) is 24.4 Å². The monoisotopic (exact) mass is 354 g/mol. The molecule has 0 aliphatic carbocycles. The summed E-state index contributed by atoms with van der Waals surface area (Å²) in [6.45, 7) is 0.636. The van der Waals surface area contributed by atoms with Gasteiger partial charge in [-0.25, -0.2) is 0 Å². The van der Waals surface area contributed by atoms with Gasteiger partial charge in [0, 0.05) is 18.0 Å². The molecule has 2 aromatic carbocycles. The Bertz CT molecular complexity index is 750. The van der Waals surface area contributed by atoms with Gasteiger partial charge >= 0.3 is 0 Å². The van der Waals surface area contributed by atoms with E-state index in [9.17, 15) is 9.59 Å². The summed E-state index contributed by atoms with van der Waals surface area (Å²) < 4.78 is 10.5. The number of carbonyl (C=O) groups excluding carboxylic acids is 2. The Hall–Kier alpha value is -2.86. The number of methoxy groups -OCH3 is 1. The van der Waals surface area contributed by atoms with Crippen LogP contribution in [-0.4, -0.2) is 31.6 Å². The van der Waals surface area contributed by atoms with E-state index in [2.05, 4.69) is 10.6 Å². The van der Waals surface area contributed by atoms with E-state index in [1.54, 1.807) is 31.4 Å². The van der Waals surface area contributed by atoms with E-state index < -0.39 is 0 Å². The molecule has 1 aliphatic heterocycles. The molecule has 0 saturated carbocycles. The van der Waals surface area contributed by atoms with Crippen molar-refractivity contribution in [2.45, 2.75) is 25.4 Å². The highest BCUT2D eigenvalue weighted by molar-refractivity contribution is 5.95. The first-order chi connectivity index (χ1) is 12.6. The van der Waals surface area contributed by atoms with Crippen LogP contribution in [0.1, 0.15) is 18.4 Å². The minimum absolute atomic E-state index is 0.105. The number of hydrogen-bond acceptors (Lipinski definition) is 4. The third-order valence-corrected chi connectivity index (χ3v) is 4.18. The number of anilines is 2. The summed E-state index contributed by atoms with van der Waals surface area (Å²) in [5, 5.41) is 5.67. The van der Waals surface area contributed by atoms with E-state index in [1.807, 2.05) is 24.3 Å². The van der Waals surface area contributed by atoms with E-state index >= 15 is 0 Å². The highest BCUT2D eigenvalue weighted by atomic mass is 16.5. The van der Waals surface area contributed by atoms with Gasteiger partial charge in [-0.15, -0.1) is 0 Å². The first-order valence-electron chi connectivity index (χ1n) is 8.59. The zero-order chi connectivity index (χ0) is 18.4. The smallest absolute Gasteiger partial charge is 0.253 e. The van der Waals surface area contributed by atoms with Crippen LogP contribution >= 0.6 is 0 Å². The third-order valence-electron chi connectivity index (χ3n) is 4.18. The molecule has 1 atom stereocenters. The number of nitrogens with one attached hydrogen (secondary N) is 2. The summed E-state index contributed by atoms with van der Waals surface area (Å²) in [6.07, 6.45) is 1.59. The predicted octanol–water partition coefficient (Wildman–Crippen LogP) is 2.99.